The van der Waals surface area contributed by atoms with Gasteiger partial charge in [0.1, 0.15) is 5.69 Å². The van der Waals surface area contributed by atoms with Crippen molar-refractivity contribution in [1.29, 1.82) is 0 Å². The maximum atomic E-state index is 12.6. The number of benzene rings is 2. The second-order valence-electron chi connectivity index (χ2n) is 7.64. The smallest absolute Gasteiger partial charge is 0.292 e. The number of nitrogens with one attached hydrogen (secondary N) is 2. The van der Waals surface area contributed by atoms with E-state index in [-0.39, 0.29) is 35.5 Å². The summed E-state index contributed by atoms with van der Waals surface area (Å²) in [6, 6.07) is 12.8. The SMILES string of the molecule is Cc1ccc(S(=O)(=O)NCC2CCCN(C(=O)CNc3ccccc3[N+](=O)[O-])C2)cc1. The number of hydrogen-bond acceptors (Lipinski definition) is 6. The molecule has 1 amide bonds. The van der Waals surface area contributed by atoms with Crippen molar-refractivity contribution in [2.24, 2.45) is 5.92 Å². The Labute approximate surface area is 181 Å². The monoisotopic (exact) mass is 446 g/mol. The molecule has 31 heavy (non-hydrogen) atoms. The Bertz CT molecular complexity index is 1040. The maximum absolute atomic E-state index is 12.6. The number of sulfonamides is 1. The van der Waals surface area contributed by atoms with Crippen LogP contribution in [0.1, 0.15) is 18.4 Å². The molecule has 0 saturated carbocycles. The predicted octanol–water partition coefficient (Wildman–Crippen LogP) is 2.53. The fourth-order valence-electron chi connectivity index (χ4n) is 3.55. The van der Waals surface area contributed by atoms with Gasteiger partial charge in [-0.1, -0.05) is 29.8 Å². The van der Waals surface area contributed by atoms with E-state index in [9.17, 15) is 23.3 Å². The Balaban J connectivity index is 1.53. The number of aryl methyl sites for hydroxylation is 1. The van der Waals surface area contributed by atoms with Crippen LogP contribution in [0.2, 0.25) is 0 Å². The summed E-state index contributed by atoms with van der Waals surface area (Å²) in [5.74, 6) is -0.173. The number of nitro groups is 1. The second-order valence-corrected chi connectivity index (χ2v) is 9.41. The van der Waals surface area contributed by atoms with Gasteiger partial charge in [-0.2, -0.15) is 0 Å². The van der Waals surface area contributed by atoms with Crippen LogP contribution in [0.25, 0.3) is 0 Å². The summed E-state index contributed by atoms with van der Waals surface area (Å²) >= 11 is 0. The van der Waals surface area contributed by atoms with E-state index >= 15 is 0 Å². The molecule has 1 atom stereocenters. The van der Waals surface area contributed by atoms with Crippen molar-refractivity contribution in [1.82, 2.24) is 9.62 Å². The molecule has 0 spiro atoms. The minimum atomic E-state index is -3.60. The van der Waals surface area contributed by atoms with Crippen LogP contribution < -0.4 is 10.0 Å². The molecule has 9 nitrogen and oxygen atoms in total. The summed E-state index contributed by atoms with van der Waals surface area (Å²) in [5.41, 5.74) is 1.19. The first-order chi connectivity index (χ1) is 14.8. The number of anilines is 1. The standard InChI is InChI=1S/C21H26N4O5S/c1-16-8-10-18(11-9-16)31(29,30)23-13-17-5-4-12-24(15-17)21(26)14-22-19-6-2-3-7-20(19)25(27)28/h2-3,6-11,17,22-23H,4-5,12-15H2,1H3. The van der Waals surface area contributed by atoms with Crippen LogP contribution in [0, 0.1) is 23.0 Å². The quantitative estimate of drug-likeness (QED) is 0.475. The zero-order chi connectivity index (χ0) is 22.4. The van der Waals surface area contributed by atoms with Crippen molar-refractivity contribution in [3.8, 4) is 0 Å². The molecular formula is C21H26N4O5S. The van der Waals surface area contributed by atoms with E-state index in [1.807, 2.05) is 6.92 Å². The van der Waals surface area contributed by atoms with E-state index in [2.05, 4.69) is 10.0 Å². The van der Waals surface area contributed by atoms with Gasteiger partial charge in [-0.15, -0.1) is 0 Å². The molecule has 1 aliphatic rings. The molecular weight excluding hydrogens is 420 g/mol. The molecule has 0 aliphatic carbocycles. The average Bonchev–Trinajstić information content (AvgIpc) is 2.77. The van der Waals surface area contributed by atoms with Crippen molar-refractivity contribution >= 4 is 27.3 Å². The summed E-state index contributed by atoms with van der Waals surface area (Å²) < 4.78 is 27.6. The summed E-state index contributed by atoms with van der Waals surface area (Å²) in [6.07, 6.45) is 1.59. The van der Waals surface area contributed by atoms with E-state index in [0.29, 0.717) is 18.8 Å². The van der Waals surface area contributed by atoms with Crippen molar-refractivity contribution in [2.75, 3.05) is 31.5 Å². The minimum Gasteiger partial charge on any atom is -0.371 e. The lowest BCUT2D eigenvalue weighted by molar-refractivity contribution is -0.383. The summed E-state index contributed by atoms with van der Waals surface area (Å²) in [6.45, 7) is 3.10. The normalized spacial score (nSPS) is 16.7. The molecule has 1 unspecified atom stereocenters. The largest absolute Gasteiger partial charge is 0.371 e. The van der Waals surface area contributed by atoms with Crippen LogP contribution in [0.3, 0.4) is 0 Å². The van der Waals surface area contributed by atoms with E-state index in [1.54, 1.807) is 47.4 Å². The summed E-state index contributed by atoms with van der Waals surface area (Å²) in [5, 5.41) is 13.9. The molecule has 1 saturated heterocycles. The maximum Gasteiger partial charge on any atom is 0.292 e. The van der Waals surface area contributed by atoms with Crippen LogP contribution in [-0.4, -0.2) is 50.3 Å². The van der Waals surface area contributed by atoms with Crippen LogP contribution in [0.15, 0.2) is 53.4 Å². The first kappa shape index (κ1) is 22.7. The van der Waals surface area contributed by atoms with Crippen molar-refractivity contribution in [3.05, 3.63) is 64.2 Å². The first-order valence-corrected chi connectivity index (χ1v) is 11.6. The van der Waals surface area contributed by atoms with E-state index in [1.165, 1.54) is 6.07 Å². The van der Waals surface area contributed by atoms with Gasteiger partial charge in [-0.3, -0.25) is 14.9 Å². The van der Waals surface area contributed by atoms with E-state index < -0.39 is 14.9 Å². The summed E-state index contributed by atoms with van der Waals surface area (Å²) in [7, 11) is -3.60. The van der Waals surface area contributed by atoms with Gasteiger partial charge in [0.2, 0.25) is 15.9 Å². The average molecular weight is 447 g/mol. The molecule has 1 fully saturated rings. The van der Waals surface area contributed by atoms with Gasteiger partial charge in [-0.05, 0) is 43.9 Å². The molecule has 0 aromatic heterocycles. The molecule has 10 heteroatoms. The number of amides is 1. The highest BCUT2D eigenvalue weighted by Gasteiger charge is 2.25. The van der Waals surface area contributed by atoms with E-state index in [4.69, 9.17) is 0 Å². The van der Waals surface area contributed by atoms with Gasteiger partial charge < -0.3 is 10.2 Å². The molecule has 1 aliphatic heterocycles. The van der Waals surface area contributed by atoms with Crippen LogP contribution in [0.4, 0.5) is 11.4 Å². The fourth-order valence-corrected chi connectivity index (χ4v) is 4.67. The Morgan fingerprint density at radius 2 is 1.90 bits per heavy atom. The van der Waals surface area contributed by atoms with Gasteiger partial charge in [0.15, 0.2) is 0 Å². The lowest BCUT2D eigenvalue weighted by Crippen LogP contribution is -2.45. The number of nitro benzene ring substituents is 1. The lowest BCUT2D eigenvalue weighted by Gasteiger charge is -2.33. The molecule has 3 rings (SSSR count). The van der Waals surface area contributed by atoms with Gasteiger partial charge in [-0.25, -0.2) is 13.1 Å². The molecule has 2 aromatic carbocycles. The molecule has 0 bridgehead atoms. The number of carbonyl (C=O) groups is 1. The Morgan fingerprint density at radius 1 is 1.19 bits per heavy atom. The molecule has 0 radical (unpaired) electrons. The molecule has 1 heterocycles. The number of carbonyl (C=O) groups excluding carboxylic acids is 1. The molecule has 2 N–H and O–H groups in total. The Hall–Kier alpha value is -2.98. The zero-order valence-corrected chi connectivity index (χ0v) is 18.1. The third kappa shape index (κ3) is 6.02. The van der Waals surface area contributed by atoms with Gasteiger partial charge in [0, 0.05) is 25.7 Å². The van der Waals surface area contributed by atoms with Crippen molar-refractivity contribution in [3.63, 3.8) is 0 Å². The van der Waals surface area contributed by atoms with Crippen LogP contribution in [-0.2, 0) is 14.8 Å². The Kier molecular flexibility index (Phi) is 7.24. The third-order valence-corrected chi connectivity index (χ3v) is 6.74. The van der Waals surface area contributed by atoms with Crippen molar-refractivity contribution < 1.29 is 18.1 Å². The van der Waals surface area contributed by atoms with Gasteiger partial charge in [0.05, 0.1) is 16.4 Å². The first-order valence-electron chi connectivity index (χ1n) is 10.1. The Morgan fingerprint density at radius 3 is 2.61 bits per heavy atom. The van der Waals surface area contributed by atoms with Crippen LogP contribution in [0.5, 0.6) is 0 Å². The lowest BCUT2D eigenvalue weighted by atomic mass is 9.98. The van der Waals surface area contributed by atoms with Crippen molar-refractivity contribution in [2.45, 2.75) is 24.7 Å². The van der Waals surface area contributed by atoms with Crippen LogP contribution >= 0.6 is 0 Å². The molecule has 2 aromatic rings. The summed E-state index contributed by atoms with van der Waals surface area (Å²) in [4.78, 5) is 25.1. The highest BCUT2D eigenvalue weighted by molar-refractivity contribution is 7.89. The number of likely N-dealkylation sites (tertiary alicyclic amines) is 1. The number of hydrogen-bond donors (Lipinski definition) is 2. The number of rotatable bonds is 8. The molecule has 166 valence electrons. The zero-order valence-electron chi connectivity index (χ0n) is 17.3. The van der Waals surface area contributed by atoms with Gasteiger partial charge >= 0.3 is 0 Å². The highest BCUT2D eigenvalue weighted by atomic mass is 32.2. The fraction of sp³-hybridized carbons (Fsp3) is 0.381. The minimum absolute atomic E-state index is 0.00369. The topological polar surface area (TPSA) is 122 Å². The number of nitrogens with zero attached hydrogens (tertiary/aromatic N) is 2. The van der Waals surface area contributed by atoms with Gasteiger partial charge in [0.25, 0.3) is 5.69 Å². The van der Waals surface area contributed by atoms with E-state index in [0.717, 1.165) is 18.4 Å². The number of piperidine rings is 1. The highest BCUT2D eigenvalue weighted by Crippen LogP contribution is 2.23. The third-order valence-electron chi connectivity index (χ3n) is 5.30. The number of para-hydroxylation sites is 2. The second kappa shape index (κ2) is 9.88. The predicted molar refractivity (Wildman–Crippen MR) is 117 cm³/mol.